The Labute approximate surface area is 92.7 Å². The van der Waals surface area contributed by atoms with E-state index in [1.54, 1.807) is 19.0 Å². The minimum absolute atomic E-state index is 0.00245. The van der Waals surface area contributed by atoms with E-state index in [4.69, 9.17) is 4.74 Å². The molecule has 0 fully saturated rings. The van der Waals surface area contributed by atoms with Crippen molar-refractivity contribution in [1.82, 2.24) is 14.9 Å². The fraction of sp³-hybridized carbons (Fsp3) is 0.444. The molecule has 0 saturated heterocycles. The summed E-state index contributed by atoms with van der Waals surface area (Å²) in [6.07, 6.45) is 2.44. The molecule has 7 heteroatoms. The Bertz CT molecular complexity index is 371. The van der Waals surface area contributed by atoms with Gasteiger partial charge < -0.3 is 14.4 Å². The molecule has 0 aliphatic carbocycles. The Balaban J connectivity index is 2.81. The SMILES string of the molecule is COCOc1ncc(F)c(/N=C\N(C)C)n1. The Morgan fingerprint density at radius 2 is 2.31 bits per heavy atom. The van der Waals surface area contributed by atoms with E-state index in [-0.39, 0.29) is 18.6 Å². The van der Waals surface area contributed by atoms with Gasteiger partial charge in [0.1, 0.15) is 0 Å². The van der Waals surface area contributed by atoms with Gasteiger partial charge in [0.2, 0.25) is 0 Å². The molecule has 0 amide bonds. The number of ether oxygens (including phenoxy) is 2. The summed E-state index contributed by atoms with van der Waals surface area (Å²) in [6.45, 7) is 0.00245. The summed E-state index contributed by atoms with van der Waals surface area (Å²) in [6, 6.07) is 0.0224. The van der Waals surface area contributed by atoms with Gasteiger partial charge in [-0.05, 0) is 0 Å². The van der Waals surface area contributed by atoms with Crippen LogP contribution in [0.3, 0.4) is 0 Å². The molecule has 1 aromatic rings. The molecule has 0 radical (unpaired) electrons. The summed E-state index contributed by atoms with van der Waals surface area (Å²) < 4.78 is 22.8. The smallest absolute Gasteiger partial charge is 0.320 e. The number of aromatic nitrogens is 2. The van der Waals surface area contributed by atoms with Gasteiger partial charge in [-0.2, -0.15) is 4.98 Å². The van der Waals surface area contributed by atoms with Crippen LogP contribution in [0.1, 0.15) is 0 Å². The van der Waals surface area contributed by atoms with E-state index in [0.717, 1.165) is 6.20 Å². The molecule has 0 aromatic carbocycles. The molecule has 0 spiro atoms. The zero-order chi connectivity index (χ0) is 12.0. The quantitative estimate of drug-likeness (QED) is 0.424. The lowest BCUT2D eigenvalue weighted by atomic mass is 10.5. The minimum Gasteiger partial charge on any atom is -0.436 e. The van der Waals surface area contributed by atoms with Crippen LogP contribution < -0.4 is 4.74 Å². The number of halogens is 1. The third-order valence-corrected chi connectivity index (χ3v) is 1.42. The summed E-state index contributed by atoms with van der Waals surface area (Å²) in [4.78, 5) is 12.9. The van der Waals surface area contributed by atoms with E-state index >= 15 is 0 Å². The Morgan fingerprint density at radius 3 is 2.94 bits per heavy atom. The van der Waals surface area contributed by atoms with E-state index in [1.807, 2.05) is 0 Å². The first-order chi connectivity index (χ1) is 7.63. The van der Waals surface area contributed by atoms with Crippen molar-refractivity contribution in [3.8, 4) is 6.01 Å². The maximum atomic E-state index is 13.2. The number of nitrogens with zero attached hydrogens (tertiary/aromatic N) is 4. The van der Waals surface area contributed by atoms with Crippen molar-refractivity contribution in [3.05, 3.63) is 12.0 Å². The number of methoxy groups -OCH3 is 1. The van der Waals surface area contributed by atoms with Crippen LogP contribution in [0.15, 0.2) is 11.2 Å². The second-order valence-electron chi connectivity index (χ2n) is 3.08. The molecule has 0 aliphatic heterocycles. The molecule has 0 N–H and O–H groups in total. The van der Waals surface area contributed by atoms with E-state index < -0.39 is 5.82 Å². The summed E-state index contributed by atoms with van der Waals surface area (Å²) in [5.74, 6) is -0.683. The summed E-state index contributed by atoms with van der Waals surface area (Å²) in [5.41, 5.74) is 0. The highest BCUT2D eigenvalue weighted by Gasteiger charge is 2.06. The van der Waals surface area contributed by atoms with E-state index in [9.17, 15) is 4.39 Å². The lowest BCUT2D eigenvalue weighted by Gasteiger charge is -2.04. The van der Waals surface area contributed by atoms with Gasteiger partial charge in [-0.15, -0.1) is 0 Å². The first-order valence-electron chi connectivity index (χ1n) is 4.48. The van der Waals surface area contributed by atoms with Crippen molar-refractivity contribution < 1.29 is 13.9 Å². The first kappa shape index (κ1) is 12.3. The van der Waals surface area contributed by atoms with Crippen LogP contribution >= 0.6 is 0 Å². The van der Waals surface area contributed by atoms with Gasteiger partial charge in [-0.1, -0.05) is 0 Å². The van der Waals surface area contributed by atoms with Gasteiger partial charge in [-0.25, -0.2) is 14.4 Å². The van der Waals surface area contributed by atoms with Crippen LogP contribution in [0.5, 0.6) is 6.01 Å². The summed E-state index contributed by atoms with van der Waals surface area (Å²) >= 11 is 0. The zero-order valence-electron chi connectivity index (χ0n) is 9.35. The molecule has 0 bridgehead atoms. The lowest BCUT2D eigenvalue weighted by molar-refractivity contribution is 0.0442. The maximum Gasteiger partial charge on any atom is 0.320 e. The molecule has 16 heavy (non-hydrogen) atoms. The Kier molecular flexibility index (Phi) is 4.59. The molecule has 0 aliphatic rings. The fourth-order valence-corrected chi connectivity index (χ4v) is 0.784. The summed E-state index contributed by atoms with van der Waals surface area (Å²) in [5, 5.41) is 0. The lowest BCUT2D eigenvalue weighted by Crippen LogP contribution is -2.08. The van der Waals surface area contributed by atoms with Gasteiger partial charge in [0.25, 0.3) is 0 Å². The van der Waals surface area contributed by atoms with Gasteiger partial charge in [-0.3, -0.25) is 0 Å². The second-order valence-corrected chi connectivity index (χ2v) is 3.08. The van der Waals surface area contributed by atoms with Crippen LogP contribution in [0.25, 0.3) is 0 Å². The third-order valence-electron chi connectivity index (χ3n) is 1.42. The number of rotatable bonds is 5. The molecular formula is C9H13FN4O2. The molecule has 0 saturated carbocycles. The van der Waals surface area contributed by atoms with Gasteiger partial charge in [0.15, 0.2) is 18.4 Å². The van der Waals surface area contributed by atoms with Crippen LogP contribution in [0.2, 0.25) is 0 Å². The molecule has 0 unspecified atom stereocenters. The number of hydrogen-bond donors (Lipinski definition) is 0. The average Bonchev–Trinajstić information content (AvgIpc) is 2.26. The zero-order valence-corrected chi connectivity index (χ0v) is 9.35. The predicted octanol–water partition coefficient (Wildman–Crippen LogP) is 0.820. The predicted molar refractivity (Wildman–Crippen MR) is 56.3 cm³/mol. The normalized spacial score (nSPS) is 10.8. The van der Waals surface area contributed by atoms with E-state index in [2.05, 4.69) is 19.7 Å². The first-order valence-corrected chi connectivity index (χ1v) is 4.48. The van der Waals surface area contributed by atoms with Crippen molar-refractivity contribution in [2.75, 3.05) is 28.0 Å². The van der Waals surface area contributed by atoms with E-state index in [1.165, 1.54) is 13.4 Å². The maximum absolute atomic E-state index is 13.2. The van der Waals surface area contributed by atoms with Crippen LogP contribution in [0, 0.1) is 5.82 Å². The highest BCUT2D eigenvalue weighted by atomic mass is 19.1. The Morgan fingerprint density at radius 1 is 1.56 bits per heavy atom. The highest BCUT2D eigenvalue weighted by Crippen LogP contribution is 2.15. The number of hydrogen-bond acceptors (Lipinski definition) is 5. The Hall–Kier alpha value is -1.76. The molecule has 88 valence electrons. The molecule has 0 atom stereocenters. The largest absolute Gasteiger partial charge is 0.436 e. The van der Waals surface area contributed by atoms with Gasteiger partial charge >= 0.3 is 6.01 Å². The monoisotopic (exact) mass is 228 g/mol. The molecule has 6 nitrogen and oxygen atoms in total. The van der Waals surface area contributed by atoms with Crippen LogP contribution in [0.4, 0.5) is 10.2 Å². The topological polar surface area (TPSA) is 59.8 Å². The molecule has 1 heterocycles. The van der Waals surface area contributed by atoms with Gasteiger partial charge in [0.05, 0.1) is 12.5 Å². The fourth-order valence-electron chi connectivity index (χ4n) is 0.784. The molecule has 1 aromatic heterocycles. The van der Waals surface area contributed by atoms with Crippen LogP contribution in [-0.4, -0.2) is 49.2 Å². The van der Waals surface area contributed by atoms with Crippen molar-refractivity contribution >= 4 is 12.2 Å². The van der Waals surface area contributed by atoms with Crippen LogP contribution in [-0.2, 0) is 4.74 Å². The second kappa shape index (κ2) is 5.96. The third kappa shape index (κ3) is 3.77. The average molecular weight is 228 g/mol. The standard InChI is InChI=1S/C9H13FN4O2/c1-14(2)5-12-8-7(10)4-11-9(13-8)16-6-15-3/h4-5H,6H2,1-3H3/b12-5-. The summed E-state index contributed by atoms with van der Waals surface area (Å²) in [7, 11) is 5.00. The van der Waals surface area contributed by atoms with Gasteiger partial charge in [0, 0.05) is 21.2 Å². The van der Waals surface area contributed by atoms with Crippen molar-refractivity contribution in [2.24, 2.45) is 4.99 Å². The molecular weight excluding hydrogens is 215 g/mol. The van der Waals surface area contributed by atoms with Crippen molar-refractivity contribution in [2.45, 2.75) is 0 Å². The van der Waals surface area contributed by atoms with E-state index in [0.29, 0.717) is 0 Å². The van der Waals surface area contributed by atoms with Crippen molar-refractivity contribution in [1.29, 1.82) is 0 Å². The highest BCUT2D eigenvalue weighted by molar-refractivity contribution is 5.59. The number of aliphatic imine (C=N–C) groups is 1. The minimum atomic E-state index is -0.608. The van der Waals surface area contributed by atoms with Crippen molar-refractivity contribution in [3.63, 3.8) is 0 Å². The molecule has 1 rings (SSSR count).